The predicted octanol–water partition coefficient (Wildman–Crippen LogP) is 4.65. The molecule has 0 heterocycles. The van der Waals surface area contributed by atoms with Crippen LogP contribution in [0, 0.1) is 0 Å². The molecule has 0 spiro atoms. The van der Waals surface area contributed by atoms with Crippen LogP contribution < -0.4 is 0 Å². The number of oxime groups is 1. The third kappa shape index (κ3) is 4.17. The van der Waals surface area contributed by atoms with Crippen molar-refractivity contribution in [3.8, 4) is 0 Å². The third-order valence-corrected chi connectivity index (χ3v) is 3.07. The van der Waals surface area contributed by atoms with E-state index < -0.39 is 0 Å². The second kappa shape index (κ2) is 6.57. The van der Waals surface area contributed by atoms with Crippen molar-refractivity contribution in [3.63, 3.8) is 0 Å². The number of rotatable bonds is 4. The fourth-order valence-corrected chi connectivity index (χ4v) is 1.73. The zero-order valence-corrected chi connectivity index (χ0v) is 11.9. The van der Waals surface area contributed by atoms with Crippen LogP contribution in [0.5, 0.6) is 0 Å². The van der Waals surface area contributed by atoms with Gasteiger partial charge in [-0.15, -0.1) is 0 Å². The van der Waals surface area contributed by atoms with E-state index in [1.54, 1.807) is 6.21 Å². The van der Waals surface area contributed by atoms with Gasteiger partial charge in [-0.3, -0.25) is 0 Å². The lowest BCUT2D eigenvalue weighted by Crippen LogP contribution is -1.87. The second-order valence-corrected chi connectivity index (χ2v) is 5.04. The van der Waals surface area contributed by atoms with Gasteiger partial charge in [0.1, 0.15) is 6.61 Å². The highest BCUT2D eigenvalue weighted by atomic mass is 79.9. The Kier molecular flexibility index (Phi) is 4.79. The molecule has 4 heteroatoms. The zero-order valence-electron chi connectivity index (χ0n) is 9.51. The Labute approximate surface area is 119 Å². The van der Waals surface area contributed by atoms with Gasteiger partial charge in [0.25, 0.3) is 0 Å². The van der Waals surface area contributed by atoms with Gasteiger partial charge in [-0.05, 0) is 35.4 Å². The summed E-state index contributed by atoms with van der Waals surface area (Å²) in [6.45, 7) is 0.435. The van der Waals surface area contributed by atoms with E-state index >= 15 is 0 Å². The van der Waals surface area contributed by atoms with Crippen molar-refractivity contribution in [3.05, 3.63) is 69.2 Å². The van der Waals surface area contributed by atoms with E-state index in [1.807, 2.05) is 48.5 Å². The first-order valence-corrected chi connectivity index (χ1v) is 6.56. The Morgan fingerprint density at radius 1 is 1.06 bits per heavy atom. The Morgan fingerprint density at radius 2 is 1.72 bits per heavy atom. The molecule has 0 aromatic heterocycles. The van der Waals surface area contributed by atoms with Crippen molar-refractivity contribution in [1.29, 1.82) is 0 Å². The normalized spacial score (nSPS) is 10.8. The maximum Gasteiger partial charge on any atom is 0.142 e. The van der Waals surface area contributed by atoms with E-state index in [9.17, 15) is 0 Å². The summed E-state index contributed by atoms with van der Waals surface area (Å²) in [4.78, 5) is 5.21. The van der Waals surface area contributed by atoms with Crippen LogP contribution in [-0.4, -0.2) is 6.21 Å². The molecule has 2 rings (SSSR count). The Bertz CT molecular complexity index is 522. The molecule has 92 valence electrons. The summed E-state index contributed by atoms with van der Waals surface area (Å²) in [5, 5.41) is 4.64. The molecule has 0 fully saturated rings. The summed E-state index contributed by atoms with van der Waals surface area (Å²) in [5.41, 5.74) is 2.03. The molecule has 0 radical (unpaired) electrons. The molecule has 0 N–H and O–H groups in total. The first-order valence-electron chi connectivity index (χ1n) is 5.39. The average molecular weight is 325 g/mol. The van der Waals surface area contributed by atoms with E-state index in [1.165, 1.54) is 0 Å². The Morgan fingerprint density at radius 3 is 2.39 bits per heavy atom. The summed E-state index contributed by atoms with van der Waals surface area (Å²) in [7, 11) is 0. The van der Waals surface area contributed by atoms with Gasteiger partial charge >= 0.3 is 0 Å². The lowest BCUT2D eigenvalue weighted by Gasteiger charge is -1.99. The fourth-order valence-electron chi connectivity index (χ4n) is 1.34. The molecule has 2 aromatic carbocycles. The van der Waals surface area contributed by atoms with Gasteiger partial charge in [0, 0.05) is 9.50 Å². The van der Waals surface area contributed by atoms with E-state index in [4.69, 9.17) is 16.4 Å². The van der Waals surface area contributed by atoms with Gasteiger partial charge in [-0.1, -0.05) is 57.0 Å². The van der Waals surface area contributed by atoms with Crippen LogP contribution in [0.1, 0.15) is 11.1 Å². The van der Waals surface area contributed by atoms with Gasteiger partial charge in [0.15, 0.2) is 0 Å². The maximum absolute atomic E-state index is 5.79. The van der Waals surface area contributed by atoms with Crippen molar-refractivity contribution in [2.75, 3.05) is 0 Å². The topological polar surface area (TPSA) is 21.6 Å². The van der Waals surface area contributed by atoms with Crippen LogP contribution in [0.3, 0.4) is 0 Å². The molecule has 2 aromatic rings. The van der Waals surface area contributed by atoms with Crippen LogP contribution in [0.25, 0.3) is 0 Å². The SMILES string of the molecule is Clc1ccc(CON=Cc2ccc(Br)cc2)cc1. The lowest BCUT2D eigenvalue weighted by atomic mass is 10.2. The molecule has 0 unspecified atom stereocenters. The molecule has 0 aliphatic carbocycles. The Balaban J connectivity index is 1.84. The predicted molar refractivity (Wildman–Crippen MR) is 78.0 cm³/mol. The molecule has 2 nitrogen and oxygen atoms in total. The minimum Gasteiger partial charge on any atom is -0.391 e. The fraction of sp³-hybridized carbons (Fsp3) is 0.0714. The van der Waals surface area contributed by atoms with Crippen LogP contribution >= 0.6 is 27.5 Å². The molecule has 0 saturated heterocycles. The highest BCUT2D eigenvalue weighted by Gasteiger charge is 1.93. The second-order valence-electron chi connectivity index (χ2n) is 3.69. The molecule has 18 heavy (non-hydrogen) atoms. The Hall–Kier alpha value is -1.32. The van der Waals surface area contributed by atoms with Crippen LogP contribution in [-0.2, 0) is 11.4 Å². The quantitative estimate of drug-likeness (QED) is 0.592. The number of nitrogens with zero attached hydrogens (tertiary/aromatic N) is 1. The average Bonchev–Trinajstić information content (AvgIpc) is 2.39. The maximum atomic E-state index is 5.79. The summed E-state index contributed by atoms with van der Waals surface area (Å²) in [6.07, 6.45) is 1.68. The smallest absolute Gasteiger partial charge is 0.142 e. The van der Waals surface area contributed by atoms with E-state index in [-0.39, 0.29) is 0 Å². The molecule has 0 amide bonds. The summed E-state index contributed by atoms with van der Waals surface area (Å²) < 4.78 is 1.04. The molecule has 0 aliphatic heterocycles. The van der Waals surface area contributed by atoms with Gasteiger partial charge in [0.2, 0.25) is 0 Å². The number of halogens is 2. The number of benzene rings is 2. The first kappa shape index (κ1) is 13.1. The van der Waals surface area contributed by atoms with Crippen molar-refractivity contribution in [2.24, 2.45) is 5.16 Å². The van der Waals surface area contributed by atoms with Gasteiger partial charge in [-0.25, -0.2) is 0 Å². The largest absolute Gasteiger partial charge is 0.391 e. The van der Waals surface area contributed by atoms with Crippen molar-refractivity contribution < 1.29 is 4.84 Å². The van der Waals surface area contributed by atoms with E-state index in [0.29, 0.717) is 6.61 Å². The highest BCUT2D eigenvalue weighted by Crippen LogP contribution is 2.11. The van der Waals surface area contributed by atoms with Gasteiger partial charge < -0.3 is 4.84 Å². The van der Waals surface area contributed by atoms with Crippen LogP contribution in [0.2, 0.25) is 5.02 Å². The molecule has 0 bridgehead atoms. The minimum absolute atomic E-state index is 0.435. The summed E-state index contributed by atoms with van der Waals surface area (Å²) in [6, 6.07) is 15.3. The number of hydrogen-bond donors (Lipinski definition) is 0. The van der Waals surface area contributed by atoms with E-state index in [0.717, 1.165) is 20.6 Å². The summed E-state index contributed by atoms with van der Waals surface area (Å²) in [5.74, 6) is 0. The molecular weight excluding hydrogens is 314 g/mol. The highest BCUT2D eigenvalue weighted by molar-refractivity contribution is 9.10. The van der Waals surface area contributed by atoms with Gasteiger partial charge in [-0.2, -0.15) is 0 Å². The summed E-state index contributed by atoms with van der Waals surface area (Å²) >= 11 is 9.17. The molecule has 0 saturated carbocycles. The van der Waals surface area contributed by atoms with Crippen LogP contribution in [0.4, 0.5) is 0 Å². The van der Waals surface area contributed by atoms with Gasteiger partial charge in [0.05, 0.1) is 6.21 Å². The third-order valence-electron chi connectivity index (χ3n) is 2.29. The van der Waals surface area contributed by atoms with Crippen molar-refractivity contribution in [1.82, 2.24) is 0 Å². The van der Waals surface area contributed by atoms with Crippen LogP contribution in [0.15, 0.2) is 58.2 Å². The number of hydrogen-bond acceptors (Lipinski definition) is 2. The lowest BCUT2D eigenvalue weighted by molar-refractivity contribution is 0.132. The monoisotopic (exact) mass is 323 g/mol. The molecule has 0 atom stereocenters. The zero-order chi connectivity index (χ0) is 12.8. The van der Waals surface area contributed by atoms with E-state index in [2.05, 4.69) is 21.1 Å². The van der Waals surface area contributed by atoms with Crippen molar-refractivity contribution in [2.45, 2.75) is 6.61 Å². The first-order chi connectivity index (χ1) is 8.74. The standard InChI is InChI=1S/C14H11BrClNO/c15-13-5-1-11(2-6-13)9-17-18-10-12-3-7-14(16)8-4-12/h1-9H,10H2. The van der Waals surface area contributed by atoms with Crippen molar-refractivity contribution >= 4 is 33.7 Å². The molecular formula is C14H11BrClNO. The molecule has 0 aliphatic rings. The minimum atomic E-state index is 0.435.